The molecule has 0 aliphatic carbocycles. The minimum absolute atomic E-state index is 0.604. The fourth-order valence-electron chi connectivity index (χ4n) is 1.75. The maximum atomic E-state index is 4.46. The third-order valence-electron chi connectivity index (χ3n) is 2.56. The van der Waals surface area contributed by atoms with Crippen LogP contribution in [0.25, 0.3) is 16.7 Å². The highest BCUT2D eigenvalue weighted by Crippen LogP contribution is 2.20. The Bertz CT molecular complexity index is 645. The van der Waals surface area contributed by atoms with E-state index in [9.17, 15) is 0 Å². The summed E-state index contributed by atoms with van der Waals surface area (Å²) in [7, 11) is 1.81. The van der Waals surface area contributed by atoms with Crippen LogP contribution >= 0.6 is 0 Å². The summed E-state index contributed by atoms with van der Waals surface area (Å²) in [6.07, 6.45) is 5.33. The Morgan fingerprint density at radius 1 is 1.18 bits per heavy atom. The average molecular weight is 225 g/mol. The van der Waals surface area contributed by atoms with Crippen LogP contribution in [0.2, 0.25) is 0 Å². The predicted octanol–water partition coefficient (Wildman–Crippen LogP) is 1.86. The van der Waals surface area contributed by atoms with Crippen molar-refractivity contribution in [2.45, 2.75) is 0 Å². The molecule has 0 saturated heterocycles. The first-order valence-electron chi connectivity index (χ1n) is 5.31. The van der Waals surface area contributed by atoms with Crippen LogP contribution in [-0.4, -0.2) is 26.6 Å². The van der Waals surface area contributed by atoms with Gasteiger partial charge < -0.3 is 5.32 Å². The van der Waals surface area contributed by atoms with Gasteiger partial charge in [-0.2, -0.15) is 4.98 Å². The van der Waals surface area contributed by atoms with Crippen molar-refractivity contribution in [3.63, 3.8) is 0 Å². The number of hydrogen-bond donors (Lipinski definition) is 1. The van der Waals surface area contributed by atoms with Gasteiger partial charge in [-0.1, -0.05) is 12.1 Å². The highest BCUT2D eigenvalue weighted by molar-refractivity contribution is 5.86. The molecule has 2 heterocycles. The number of nitrogens with zero attached hydrogens (tertiary/aromatic N) is 4. The van der Waals surface area contributed by atoms with Crippen molar-refractivity contribution in [1.82, 2.24) is 19.5 Å². The molecule has 1 aromatic carbocycles. The first-order valence-corrected chi connectivity index (χ1v) is 5.31. The number of imidazole rings is 1. The number of benzene rings is 1. The normalized spacial score (nSPS) is 10.6. The third kappa shape index (κ3) is 1.61. The molecule has 3 rings (SSSR count). The molecule has 0 bridgehead atoms. The summed E-state index contributed by atoms with van der Waals surface area (Å²) >= 11 is 0. The molecule has 0 atom stereocenters. The third-order valence-corrected chi connectivity index (χ3v) is 2.56. The van der Waals surface area contributed by atoms with Gasteiger partial charge in [-0.05, 0) is 12.1 Å². The van der Waals surface area contributed by atoms with Gasteiger partial charge in [0.25, 0.3) is 0 Å². The predicted molar refractivity (Wildman–Crippen MR) is 66.2 cm³/mol. The number of aromatic nitrogens is 4. The number of anilines is 1. The van der Waals surface area contributed by atoms with E-state index in [1.54, 1.807) is 12.5 Å². The molecule has 0 aliphatic rings. The Morgan fingerprint density at radius 3 is 2.82 bits per heavy atom. The lowest BCUT2D eigenvalue weighted by molar-refractivity contribution is 0.994. The van der Waals surface area contributed by atoms with Crippen molar-refractivity contribution < 1.29 is 0 Å². The van der Waals surface area contributed by atoms with E-state index in [1.165, 1.54) is 0 Å². The lowest BCUT2D eigenvalue weighted by Crippen LogP contribution is -2.03. The summed E-state index contributed by atoms with van der Waals surface area (Å²) < 4.78 is 1.88. The van der Waals surface area contributed by atoms with Crippen LogP contribution in [-0.2, 0) is 0 Å². The van der Waals surface area contributed by atoms with Gasteiger partial charge >= 0.3 is 0 Å². The Kier molecular flexibility index (Phi) is 2.22. The summed E-state index contributed by atoms with van der Waals surface area (Å²) in [6.45, 7) is 0. The summed E-state index contributed by atoms with van der Waals surface area (Å²) in [4.78, 5) is 12.9. The van der Waals surface area contributed by atoms with Crippen molar-refractivity contribution in [3.05, 3.63) is 43.0 Å². The Balaban J connectivity index is 2.35. The van der Waals surface area contributed by atoms with Gasteiger partial charge in [-0.3, -0.25) is 4.57 Å². The van der Waals surface area contributed by atoms with E-state index >= 15 is 0 Å². The minimum atomic E-state index is 0.604. The van der Waals surface area contributed by atoms with Gasteiger partial charge in [-0.25, -0.2) is 9.97 Å². The average Bonchev–Trinajstić information content (AvgIpc) is 2.91. The summed E-state index contributed by atoms with van der Waals surface area (Å²) in [5.74, 6) is 1.44. The van der Waals surface area contributed by atoms with Gasteiger partial charge in [0.15, 0.2) is 5.82 Å². The lowest BCUT2D eigenvalue weighted by atomic mass is 10.2. The lowest BCUT2D eigenvalue weighted by Gasteiger charge is -2.08. The van der Waals surface area contributed by atoms with E-state index in [0.29, 0.717) is 5.95 Å². The van der Waals surface area contributed by atoms with Crippen LogP contribution in [0, 0.1) is 0 Å². The quantitative estimate of drug-likeness (QED) is 0.723. The number of nitrogens with one attached hydrogen (secondary N) is 1. The van der Waals surface area contributed by atoms with Crippen LogP contribution in [0.15, 0.2) is 43.0 Å². The fourth-order valence-corrected chi connectivity index (χ4v) is 1.75. The molecule has 0 amide bonds. The first-order chi connectivity index (χ1) is 8.38. The highest BCUT2D eigenvalue weighted by Gasteiger charge is 2.07. The van der Waals surface area contributed by atoms with Gasteiger partial charge in [0, 0.05) is 24.8 Å². The molecule has 0 radical (unpaired) electrons. The SMILES string of the molecule is CNc1nc(-n2ccnc2)c2ccccc2n1. The Labute approximate surface area is 98.2 Å². The number of fused-ring (bicyclic) bond motifs is 1. The number of hydrogen-bond acceptors (Lipinski definition) is 4. The van der Waals surface area contributed by atoms with Crippen molar-refractivity contribution in [1.29, 1.82) is 0 Å². The van der Waals surface area contributed by atoms with E-state index in [0.717, 1.165) is 16.7 Å². The molecule has 5 heteroatoms. The van der Waals surface area contributed by atoms with E-state index in [4.69, 9.17) is 0 Å². The molecule has 17 heavy (non-hydrogen) atoms. The zero-order valence-corrected chi connectivity index (χ0v) is 9.33. The van der Waals surface area contributed by atoms with E-state index < -0.39 is 0 Å². The second-order valence-corrected chi connectivity index (χ2v) is 3.61. The topological polar surface area (TPSA) is 55.6 Å². The second kappa shape index (κ2) is 3.86. The van der Waals surface area contributed by atoms with Gasteiger partial charge in [0.05, 0.1) is 5.52 Å². The first kappa shape index (κ1) is 9.77. The molecule has 0 unspecified atom stereocenters. The zero-order valence-electron chi connectivity index (χ0n) is 9.33. The van der Waals surface area contributed by atoms with Crippen molar-refractivity contribution in [2.75, 3.05) is 12.4 Å². The smallest absolute Gasteiger partial charge is 0.224 e. The van der Waals surface area contributed by atoms with Crippen LogP contribution in [0.3, 0.4) is 0 Å². The van der Waals surface area contributed by atoms with Crippen LogP contribution in [0.4, 0.5) is 5.95 Å². The highest BCUT2D eigenvalue weighted by atomic mass is 15.2. The molecule has 0 aliphatic heterocycles. The van der Waals surface area contributed by atoms with E-state index in [1.807, 2.05) is 42.1 Å². The standard InChI is InChI=1S/C12H11N5/c1-13-12-15-10-5-3-2-4-9(10)11(16-12)17-7-6-14-8-17/h2-8H,1H3,(H,13,15,16). The van der Waals surface area contributed by atoms with Gasteiger partial charge in [0.2, 0.25) is 5.95 Å². The summed E-state index contributed by atoms with van der Waals surface area (Å²) in [5, 5.41) is 3.97. The van der Waals surface area contributed by atoms with Gasteiger partial charge in [-0.15, -0.1) is 0 Å². The zero-order chi connectivity index (χ0) is 11.7. The van der Waals surface area contributed by atoms with E-state index in [-0.39, 0.29) is 0 Å². The molecular formula is C12H11N5. The Morgan fingerprint density at radius 2 is 2.06 bits per heavy atom. The van der Waals surface area contributed by atoms with E-state index in [2.05, 4.69) is 20.3 Å². The van der Waals surface area contributed by atoms with Crippen LogP contribution in [0.5, 0.6) is 0 Å². The second-order valence-electron chi connectivity index (χ2n) is 3.61. The largest absolute Gasteiger partial charge is 0.357 e. The molecule has 2 aromatic heterocycles. The van der Waals surface area contributed by atoms with Crippen LogP contribution < -0.4 is 5.32 Å². The fraction of sp³-hybridized carbons (Fsp3) is 0.0833. The van der Waals surface area contributed by atoms with Gasteiger partial charge in [0.1, 0.15) is 6.33 Å². The molecule has 0 saturated carbocycles. The molecule has 0 fully saturated rings. The maximum Gasteiger partial charge on any atom is 0.224 e. The van der Waals surface area contributed by atoms with Crippen molar-refractivity contribution >= 4 is 16.9 Å². The Hall–Kier alpha value is -2.43. The number of para-hydroxylation sites is 1. The summed E-state index contributed by atoms with van der Waals surface area (Å²) in [6, 6.07) is 7.92. The molecular weight excluding hydrogens is 214 g/mol. The van der Waals surface area contributed by atoms with Crippen molar-refractivity contribution in [3.8, 4) is 5.82 Å². The maximum absolute atomic E-state index is 4.46. The monoisotopic (exact) mass is 225 g/mol. The molecule has 3 aromatic rings. The minimum Gasteiger partial charge on any atom is -0.357 e. The molecule has 5 nitrogen and oxygen atoms in total. The summed E-state index contributed by atoms with van der Waals surface area (Å²) in [5.41, 5.74) is 0.913. The molecule has 0 spiro atoms. The number of rotatable bonds is 2. The molecule has 84 valence electrons. The molecule has 1 N–H and O–H groups in total. The van der Waals surface area contributed by atoms with Crippen LogP contribution in [0.1, 0.15) is 0 Å². The van der Waals surface area contributed by atoms with Crippen molar-refractivity contribution in [2.24, 2.45) is 0 Å².